The fourth-order valence-corrected chi connectivity index (χ4v) is 14.7. The third-order valence-corrected chi connectivity index (χ3v) is 19.0. The van der Waals surface area contributed by atoms with Gasteiger partial charge in [0.15, 0.2) is 0 Å². The van der Waals surface area contributed by atoms with Crippen LogP contribution in [0.4, 0.5) is 34.1 Å². The number of hydrogen-bond acceptors (Lipinski definition) is 2. The van der Waals surface area contributed by atoms with Gasteiger partial charge < -0.3 is 18.9 Å². The first-order chi connectivity index (χ1) is 39.7. The summed E-state index contributed by atoms with van der Waals surface area (Å²) in [5.74, 6) is 0. The molecule has 404 valence electrons. The van der Waals surface area contributed by atoms with E-state index in [0.717, 1.165) is 22.7 Å². The molecule has 4 nitrogen and oxygen atoms in total. The summed E-state index contributed by atoms with van der Waals surface area (Å²) < 4.78 is 5.25. The summed E-state index contributed by atoms with van der Waals surface area (Å²) in [6.45, 7) is 27.9. The number of para-hydroxylation sites is 1. The predicted molar refractivity (Wildman–Crippen MR) is 358 cm³/mol. The highest BCUT2D eigenvalue weighted by Gasteiger charge is 2.48. The highest BCUT2D eigenvalue weighted by molar-refractivity contribution is 7.00. The lowest BCUT2D eigenvalue weighted by Gasteiger charge is -2.44. The van der Waals surface area contributed by atoms with Gasteiger partial charge in [-0.2, -0.15) is 0 Å². The average molecular weight is 1070 g/mol. The van der Waals surface area contributed by atoms with Gasteiger partial charge in [0.25, 0.3) is 6.71 Å². The summed E-state index contributed by atoms with van der Waals surface area (Å²) in [4.78, 5) is 5.29. The van der Waals surface area contributed by atoms with E-state index in [1.165, 1.54) is 138 Å². The Morgan fingerprint density at radius 2 is 0.783 bits per heavy atom. The second-order valence-electron chi connectivity index (χ2n) is 28.2. The first kappa shape index (κ1) is 50.0. The van der Waals surface area contributed by atoms with Crippen molar-refractivity contribution in [2.45, 2.75) is 105 Å². The Morgan fingerprint density at radius 1 is 0.313 bits per heavy atom. The number of fused-ring (bicyclic) bond motifs is 7. The maximum Gasteiger partial charge on any atom is 0.273 e. The van der Waals surface area contributed by atoms with Gasteiger partial charge in [-0.05, 0) is 172 Å². The van der Waals surface area contributed by atoms with Crippen molar-refractivity contribution in [2.24, 2.45) is 0 Å². The van der Waals surface area contributed by atoms with E-state index in [4.69, 9.17) is 0 Å². The van der Waals surface area contributed by atoms with E-state index in [9.17, 15) is 0 Å². The van der Waals surface area contributed by atoms with Crippen molar-refractivity contribution >= 4 is 122 Å². The van der Waals surface area contributed by atoms with Crippen LogP contribution in [0.2, 0.25) is 0 Å². The first-order valence-corrected chi connectivity index (χ1v) is 30.0. The minimum atomic E-state index is -0.161. The van der Waals surface area contributed by atoms with Crippen LogP contribution in [0.1, 0.15) is 105 Å². The lowest BCUT2D eigenvalue weighted by molar-refractivity contribution is 0.590. The summed E-state index contributed by atoms with van der Waals surface area (Å²) in [6, 6.07) is 78.1. The maximum absolute atomic E-state index is 2.67. The quantitative estimate of drug-likeness (QED) is 0.129. The number of hydrogen-bond donors (Lipinski definition) is 0. The van der Waals surface area contributed by atoms with Crippen LogP contribution in [-0.2, 0) is 21.7 Å². The Morgan fingerprint density at radius 3 is 1.36 bits per heavy atom. The monoisotopic (exact) mass is 1070 g/mol. The van der Waals surface area contributed by atoms with Gasteiger partial charge in [0, 0.05) is 61.3 Å². The molecule has 0 spiro atoms. The summed E-state index contributed by atoms with van der Waals surface area (Å²) in [5.41, 5.74) is 24.5. The van der Waals surface area contributed by atoms with Crippen molar-refractivity contribution in [3.8, 4) is 22.5 Å². The molecule has 0 radical (unpaired) electrons. The third-order valence-electron chi connectivity index (χ3n) is 19.0. The summed E-state index contributed by atoms with van der Waals surface area (Å²) in [5, 5.41) is 11.7. The van der Waals surface area contributed by atoms with Crippen molar-refractivity contribution < 1.29 is 0 Å². The van der Waals surface area contributed by atoms with Gasteiger partial charge in [0.05, 0.1) is 27.9 Å². The Bertz CT molecular complexity index is 4930. The maximum atomic E-state index is 2.67. The van der Waals surface area contributed by atoms with E-state index < -0.39 is 0 Å². The van der Waals surface area contributed by atoms with Crippen molar-refractivity contribution in [1.29, 1.82) is 0 Å². The van der Waals surface area contributed by atoms with E-state index in [0.29, 0.717) is 0 Å². The first-order valence-electron chi connectivity index (χ1n) is 30.0. The van der Waals surface area contributed by atoms with Crippen molar-refractivity contribution in [2.75, 3.05) is 9.80 Å². The molecule has 5 heteroatoms. The number of nitrogens with zero attached hydrogens (tertiary/aromatic N) is 4. The van der Waals surface area contributed by atoms with Crippen LogP contribution in [0.3, 0.4) is 0 Å². The number of aromatic nitrogens is 2. The molecule has 2 aliphatic heterocycles. The molecule has 83 heavy (non-hydrogen) atoms. The van der Waals surface area contributed by atoms with Gasteiger partial charge in [-0.1, -0.05) is 204 Å². The molecule has 0 atom stereocenters. The van der Waals surface area contributed by atoms with Crippen LogP contribution in [0, 0.1) is 0 Å². The SMILES string of the molecule is CC(C)(C)c1ccc(N2c3ccc(C(C)(C)C)cc3B3c4c2cc(-n2c5ccc6cccc7c6c5c5c6c(ccc8cccc-7c86)ccc52)cc4N(c2ccc(C(C)(C)C)cc2)c2c3n(-c3ccccc3)c3ccc(C(C)(C)C)cc23)cc1. The molecule has 2 aromatic heterocycles. The fourth-order valence-electron chi connectivity index (χ4n) is 14.7. The minimum absolute atomic E-state index is 0.0132. The van der Waals surface area contributed by atoms with Gasteiger partial charge in [-0.15, -0.1) is 0 Å². The summed E-state index contributed by atoms with van der Waals surface area (Å²) in [6.07, 6.45) is 0. The average Bonchev–Trinajstić information content (AvgIpc) is 1.70. The molecule has 0 fully saturated rings. The summed E-state index contributed by atoms with van der Waals surface area (Å²) >= 11 is 0. The molecule has 0 unspecified atom stereocenters. The minimum Gasteiger partial charge on any atom is -0.319 e. The molecular formula is C78H69BN4. The Labute approximate surface area is 488 Å². The van der Waals surface area contributed by atoms with Crippen molar-refractivity contribution in [1.82, 2.24) is 9.13 Å². The second-order valence-corrected chi connectivity index (χ2v) is 28.2. The van der Waals surface area contributed by atoms with Crippen LogP contribution in [0.5, 0.6) is 0 Å². The Hall–Kier alpha value is -8.80. The lowest BCUT2D eigenvalue weighted by atomic mass is 9.34. The molecule has 0 amide bonds. The zero-order valence-electron chi connectivity index (χ0n) is 49.9. The smallest absolute Gasteiger partial charge is 0.273 e. The third kappa shape index (κ3) is 7.13. The van der Waals surface area contributed by atoms with Gasteiger partial charge in [0.1, 0.15) is 0 Å². The van der Waals surface area contributed by atoms with Gasteiger partial charge in [0.2, 0.25) is 0 Å². The van der Waals surface area contributed by atoms with E-state index in [1.807, 2.05) is 0 Å². The molecule has 0 bridgehead atoms. The fraction of sp³-hybridized carbons (Fsp3) is 0.205. The molecule has 3 aliphatic rings. The van der Waals surface area contributed by atoms with E-state index >= 15 is 0 Å². The van der Waals surface area contributed by atoms with Crippen LogP contribution in [0.25, 0.3) is 87.5 Å². The second kappa shape index (κ2) is 16.9. The highest BCUT2D eigenvalue weighted by atomic mass is 15.2. The standard InChI is InChI=1S/C78H69BN4/c1-75(2,3)49-28-34-54(35-29-49)80-62-41-33-52(78(10,11)12)43-60(62)79-72-65(80)44-56(81-63-38-26-47-19-17-23-58-57-22-16-18-46-24-25-48-27-39-64(81)71(69(48)67(46)57)70(63)68(47)58)45-66(72)82(55-36-30-50(31-37-55)76(4,5)6)73-59-42-51(77(7,8)9)32-40-61(59)83(74(73)79)53-20-14-13-15-21-53/h13-45H,1-12H3. The normalized spacial score (nSPS) is 14.0. The van der Waals surface area contributed by atoms with E-state index in [1.54, 1.807) is 0 Å². The molecular weight excluding hydrogens is 1000 g/mol. The van der Waals surface area contributed by atoms with Crippen molar-refractivity contribution in [3.05, 3.63) is 222 Å². The summed E-state index contributed by atoms with van der Waals surface area (Å²) in [7, 11) is 0. The van der Waals surface area contributed by atoms with Crippen LogP contribution in [-0.4, -0.2) is 15.8 Å². The van der Waals surface area contributed by atoms with Crippen molar-refractivity contribution in [3.63, 3.8) is 0 Å². The number of anilines is 6. The zero-order valence-corrected chi connectivity index (χ0v) is 49.9. The molecule has 11 aromatic carbocycles. The van der Waals surface area contributed by atoms with Gasteiger partial charge in [-0.3, -0.25) is 0 Å². The van der Waals surface area contributed by atoms with Gasteiger partial charge in [-0.25, -0.2) is 0 Å². The zero-order chi connectivity index (χ0) is 57.0. The molecule has 0 saturated carbocycles. The Balaban J connectivity index is 1.11. The molecule has 16 rings (SSSR count). The highest BCUT2D eigenvalue weighted by Crippen LogP contribution is 2.53. The number of rotatable bonds is 4. The molecule has 0 saturated heterocycles. The van der Waals surface area contributed by atoms with Gasteiger partial charge >= 0.3 is 0 Å². The van der Waals surface area contributed by atoms with E-state index in [-0.39, 0.29) is 28.4 Å². The Kier molecular flexibility index (Phi) is 10.2. The van der Waals surface area contributed by atoms with Crippen LogP contribution < -0.4 is 26.3 Å². The van der Waals surface area contributed by atoms with E-state index in [2.05, 4.69) is 302 Å². The predicted octanol–water partition coefficient (Wildman–Crippen LogP) is 19.4. The topological polar surface area (TPSA) is 16.3 Å². The molecule has 0 N–H and O–H groups in total. The largest absolute Gasteiger partial charge is 0.319 e. The van der Waals surface area contributed by atoms with Crippen LogP contribution in [0.15, 0.2) is 200 Å². The molecule has 13 aromatic rings. The lowest BCUT2D eigenvalue weighted by Crippen LogP contribution is -2.63. The number of benzene rings is 11. The van der Waals surface area contributed by atoms with Crippen LogP contribution >= 0.6 is 0 Å². The molecule has 1 aliphatic carbocycles. The molecule has 4 heterocycles.